The molecule has 51 heavy (non-hydrogen) atoms. The standard InChI is InChI=1S/C47H38N2O2/c1-45(2)27-48-43(50-45)33-13-9-11-29(23-33)31-19-21-37-38-22-20-32(30-12-10-14-34(24-30)44-49-28-46(3,4)51-44)26-42(38)47(41(37)25-31)39-17-7-5-15-35(39)36-16-6-8-18-40(36)47/h5-26H,27-28H2,1-4H3. The molecule has 248 valence electrons. The van der Waals surface area contributed by atoms with Crippen molar-refractivity contribution in [3.05, 3.63) is 167 Å². The molecule has 2 heterocycles. The summed E-state index contributed by atoms with van der Waals surface area (Å²) in [6.45, 7) is 9.68. The number of nitrogens with zero attached hydrogens (tertiary/aromatic N) is 2. The SMILES string of the molecule is CC1(C)CN=C(c2cccc(-c3ccc4c(c3)C3(c5ccccc5-c5ccccc53)c3cc(-c5cccc(C6=NCC(C)(C)O6)c5)ccc3-4)c2)O1. The second-order valence-corrected chi connectivity index (χ2v) is 15.5. The molecule has 2 aliphatic carbocycles. The van der Waals surface area contributed by atoms with E-state index < -0.39 is 5.41 Å². The monoisotopic (exact) mass is 662 g/mol. The lowest BCUT2D eigenvalue weighted by molar-refractivity contribution is 0.131. The minimum atomic E-state index is -0.468. The number of ether oxygens (including phenoxy) is 2. The van der Waals surface area contributed by atoms with Crippen molar-refractivity contribution in [1.29, 1.82) is 0 Å². The average molecular weight is 663 g/mol. The van der Waals surface area contributed by atoms with Gasteiger partial charge in [-0.1, -0.05) is 97.1 Å². The van der Waals surface area contributed by atoms with Crippen molar-refractivity contribution in [2.24, 2.45) is 9.98 Å². The topological polar surface area (TPSA) is 43.2 Å². The highest BCUT2D eigenvalue weighted by molar-refractivity contribution is 5.99. The van der Waals surface area contributed by atoms with Gasteiger partial charge in [0, 0.05) is 11.1 Å². The molecule has 4 aliphatic rings. The zero-order valence-electron chi connectivity index (χ0n) is 29.3. The summed E-state index contributed by atoms with van der Waals surface area (Å²) in [5, 5.41) is 0. The van der Waals surface area contributed by atoms with Crippen LogP contribution in [-0.2, 0) is 14.9 Å². The van der Waals surface area contributed by atoms with Gasteiger partial charge in [0.1, 0.15) is 11.2 Å². The number of hydrogen-bond donors (Lipinski definition) is 0. The van der Waals surface area contributed by atoms with Gasteiger partial charge in [-0.3, -0.25) is 0 Å². The molecule has 6 aromatic carbocycles. The molecular weight excluding hydrogens is 625 g/mol. The van der Waals surface area contributed by atoms with Gasteiger partial charge in [0.2, 0.25) is 11.8 Å². The molecule has 10 rings (SSSR count). The summed E-state index contributed by atoms with van der Waals surface area (Å²) < 4.78 is 12.5. The van der Waals surface area contributed by atoms with Gasteiger partial charge in [0.15, 0.2) is 0 Å². The Kier molecular flexibility index (Phi) is 6.28. The van der Waals surface area contributed by atoms with Crippen LogP contribution in [0.1, 0.15) is 61.1 Å². The number of fused-ring (bicyclic) bond motifs is 10. The molecule has 6 aromatic rings. The maximum absolute atomic E-state index is 6.23. The predicted octanol–water partition coefficient (Wildman–Crippen LogP) is 10.5. The van der Waals surface area contributed by atoms with Crippen LogP contribution in [0.15, 0.2) is 143 Å². The van der Waals surface area contributed by atoms with Crippen LogP contribution in [0.2, 0.25) is 0 Å². The van der Waals surface area contributed by atoms with Crippen molar-refractivity contribution in [3.63, 3.8) is 0 Å². The lowest BCUT2D eigenvalue weighted by atomic mass is 9.70. The Balaban J connectivity index is 1.16. The molecular formula is C47H38N2O2. The van der Waals surface area contributed by atoms with Crippen molar-refractivity contribution < 1.29 is 9.47 Å². The van der Waals surface area contributed by atoms with Crippen molar-refractivity contribution in [1.82, 2.24) is 0 Å². The molecule has 0 amide bonds. The molecule has 2 aliphatic heterocycles. The van der Waals surface area contributed by atoms with E-state index in [-0.39, 0.29) is 11.2 Å². The van der Waals surface area contributed by atoms with Gasteiger partial charge < -0.3 is 9.47 Å². The van der Waals surface area contributed by atoms with Gasteiger partial charge in [-0.25, -0.2) is 9.98 Å². The van der Waals surface area contributed by atoms with E-state index in [1.807, 2.05) is 0 Å². The first-order valence-corrected chi connectivity index (χ1v) is 17.9. The molecule has 0 saturated carbocycles. The summed E-state index contributed by atoms with van der Waals surface area (Å²) in [4.78, 5) is 9.47. The first-order valence-electron chi connectivity index (χ1n) is 17.9. The fraction of sp³-hybridized carbons (Fsp3) is 0.191. The first kappa shape index (κ1) is 30.1. The van der Waals surface area contributed by atoms with Crippen molar-refractivity contribution in [2.45, 2.75) is 44.3 Å². The minimum Gasteiger partial charge on any atom is -0.469 e. The van der Waals surface area contributed by atoms with Gasteiger partial charge in [-0.05, 0) is 131 Å². The van der Waals surface area contributed by atoms with E-state index in [1.54, 1.807) is 0 Å². The van der Waals surface area contributed by atoms with Gasteiger partial charge in [-0.2, -0.15) is 0 Å². The highest BCUT2D eigenvalue weighted by Gasteiger charge is 2.51. The highest BCUT2D eigenvalue weighted by atomic mass is 16.5. The second kappa shape index (κ2) is 10.6. The van der Waals surface area contributed by atoms with E-state index >= 15 is 0 Å². The minimum absolute atomic E-state index is 0.282. The molecule has 0 unspecified atom stereocenters. The fourth-order valence-electron chi connectivity index (χ4n) is 8.64. The van der Waals surface area contributed by atoms with Crippen LogP contribution in [0.5, 0.6) is 0 Å². The van der Waals surface area contributed by atoms with Crippen molar-refractivity contribution in [3.8, 4) is 44.5 Å². The Hall–Kier alpha value is -5.74. The maximum Gasteiger partial charge on any atom is 0.216 e. The summed E-state index contributed by atoms with van der Waals surface area (Å²) in [6, 6.07) is 49.3. The third-order valence-corrected chi connectivity index (χ3v) is 10.9. The first-order chi connectivity index (χ1) is 24.7. The summed E-state index contributed by atoms with van der Waals surface area (Å²) >= 11 is 0. The van der Waals surface area contributed by atoms with Gasteiger partial charge in [0.25, 0.3) is 0 Å². The largest absolute Gasteiger partial charge is 0.469 e. The molecule has 0 saturated heterocycles. The summed E-state index contributed by atoms with van der Waals surface area (Å²) in [5.41, 5.74) is 16.1. The van der Waals surface area contributed by atoms with E-state index in [1.165, 1.54) is 55.6 Å². The van der Waals surface area contributed by atoms with Crippen molar-refractivity contribution in [2.75, 3.05) is 13.1 Å². The maximum atomic E-state index is 6.23. The van der Waals surface area contributed by atoms with E-state index in [2.05, 4.69) is 161 Å². The van der Waals surface area contributed by atoms with Crippen LogP contribution in [0, 0.1) is 0 Å². The lowest BCUT2D eigenvalue weighted by Gasteiger charge is -2.31. The van der Waals surface area contributed by atoms with Crippen LogP contribution >= 0.6 is 0 Å². The number of hydrogen-bond acceptors (Lipinski definition) is 4. The molecule has 0 fully saturated rings. The highest BCUT2D eigenvalue weighted by Crippen LogP contribution is 2.63. The average Bonchev–Trinajstić information content (AvgIpc) is 3.88. The molecule has 4 nitrogen and oxygen atoms in total. The van der Waals surface area contributed by atoms with Gasteiger partial charge in [0.05, 0.1) is 18.5 Å². The van der Waals surface area contributed by atoms with E-state index in [0.717, 1.165) is 34.0 Å². The third-order valence-electron chi connectivity index (χ3n) is 10.9. The molecule has 4 heteroatoms. The molecule has 1 spiro atoms. The lowest BCUT2D eigenvalue weighted by Crippen LogP contribution is -2.26. The van der Waals surface area contributed by atoms with Crippen LogP contribution < -0.4 is 0 Å². The van der Waals surface area contributed by atoms with E-state index in [9.17, 15) is 0 Å². The molecule has 0 bridgehead atoms. The fourth-order valence-corrected chi connectivity index (χ4v) is 8.64. The molecule has 0 atom stereocenters. The Morgan fingerprint density at radius 3 is 1.22 bits per heavy atom. The second-order valence-electron chi connectivity index (χ2n) is 15.5. The number of aliphatic imine (C=N–C) groups is 2. The Labute approximate surface area is 299 Å². The number of benzene rings is 6. The predicted molar refractivity (Wildman–Crippen MR) is 207 cm³/mol. The Bertz CT molecular complexity index is 2330. The zero-order valence-corrected chi connectivity index (χ0v) is 29.3. The van der Waals surface area contributed by atoms with E-state index in [0.29, 0.717) is 13.1 Å². The van der Waals surface area contributed by atoms with Crippen LogP contribution in [0.3, 0.4) is 0 Å². The van der Waals surface area contributed by atoms with Gasteiger partial charge in [-0.15, -0.1) is 0 Å². The third kappa shape index (κ3) is 4.52. The quantitative estimate of drug-likeness (QED) is 0.188. The summed E-state index contributed by atoms with van der Waals surface area (Å²) in [5.74, 6) is 1.44. The summed E-state index contributed by atoms with van der Waals surface area (Å²) in [6.07, 6.45) is 0. The van der Waals surface area contributed by atoms with Crippen LogP contribution in [0.25, 0.3) is 44.5 Å². The van der Waals surface area contributed by atoms with Crippen molar-refractivity contribution >= 4 is 11.8 Å². The summed E-state index contributed by atoms with van der Waals surface area (Å²) in [7, 11) is 0. The Morgan fingerprint density at radius 1 is 0.392 bits per heavy atom. The molecule has 0 N–H and O–H groups in total. The van der Waals surface area contributed by atoms with Crippen LogP contribution in [0.4, 0.5) is 0 Å². The molecule has 0 radical (unpaired) electrons. The smallest absolute Gasteiger partial charge is 0.216 e. The normalized spacial score (nSPS) is 17.9. The molecule has 0 aromatic heterocycles. The zero-order chi connectivity index (χ0) is 34.5. The Morgan fingerprint density at radius 2 is 0.784 bits per heavy atom. The van der Waals surface area contributed by atoms with Gasteiger partial charge >= 0.3 is 0 Å². The number of rotatable bonds is 4. The van der Waals surface area contributed by atoms with E-state index in [4.69, 9.17) is 19.5 Å². The van der Waals surface area contributed by atoms with Crippen LogP contribution in [-0.4, -0.2) is 36.1 Å².